The van der Waals surface area contributed by atoms with Crippen LogP contribution in [0, 0.1) is 5.92 Å². The Morgan fingerprint density at radius 1 is 1.09 bits per heavy atom. The van der Waals surface area contributed by atoms with E-state index >= 15 is 0 Å². The number of nitrogens with zero attached hydrogens (tertiary/aromatic N) is 2. The van der Waals surface area contributed by atoms with Gasteiger partial charge in [0, 0.05) is 30.6 Å². The molecule has 32 heavy (non-hydrogen) atoms. The highest BCUT2D eigenvalue weighted by atomic mass is 16.5. The minimum absolute atomic E-state index is 0.00789. The minimum Gasteiger partial charge on any atom is -0.497 e. The summed E-state index contributed by atoms with van der Waals surface area (Å²) in [4.78, 5) is 20.3. The van der Waals surface area contributed by atoms with Crippen molar-refractivity contribution in [3.05, 3.63) is 72.3 Å². The number of rotatable bonds is 4. The Balaban J connectivity index is 1.59. The van der Waals surface area contributed by atoms with Crippen LogP contribution in [0.1, 0.15) is 23.2 Å². The van der Waals surface area contributed by atoms with Crippen molar-refractivity contribution >= 4 is 27.6 Å². The Labute approximate surface area is 187 Å². The number of fused-ring (bicyclic) bond motifs is 2. The predicted molar refractivity (Wildman–Crippen MR) is 127 cm³/mol. The van der Waals surface area contributed by atoms with Gasteiger partial charge >= 0.3 is 0 Å². The fourth-order valence-corrected chi connectivity index (χ4v) is 4.58. The van der Waals surface area contributed by atoms with Gasteiger partial charge in [-0.15, -0.1) is 0 Å². The quantitative estimate of drug-likeness (QED) is 0.504. The van der Waals surface area contributed by atoms with E-state index in [-0.39, 0.29) is 18.4 Å². The third-order valence-electron chi connectivity index (χ3n) is 6.35. The number of aliphatic hydroxyl groups excluding tert-OH is 1. The Kier molecular flexibility index (Phi) is 5.50. The number of hydrogen-bond acceptors (Lipinski definition) is 4. The maximum Gasteiger partial charge on any atom is 0.254 e. The van der Waals surface area contributed by atoms with Crippen LogP contribution in [0.25, 0.3) is 32.9 Å². The standard InChI is InChI=1S/C27H26N2O3/c1-32-22-11-10-19-13-21(9-8-20(19)14-22)26-15-24(23-6-2-3-7-25(23)28-26)27(31)29-12-4-5-18(16-29)17-30/h2-3,6-11,13-15,18,30H,4-5,12,16-17H2,1H3. The SMILES string of the molecule is COc1ccc2cc(-c3cc(C(=O)N4CCCC(CO)C4)c4ccccc4n3)ccc2c1. The van der Waals surface area contributed by atoms with Crippen LogP contribution in [0.15, 0.2) is 66.7 Å². The topological polar surface area (TPSA) is 62.7 Å². The average Bonchev–Trinajstić information content (AvgIpc) is 2.87. The molecule has 0 aliphatic carbocycles. The van der Waals surface area contributed by atoms with E-state index in [0.717, 1.165) is 58.1 Å². The lowest BCUT2D eigenvalue weighted by atomic mass is 9.97. The number of ether oxygens (including phenoxy) is 1. The monoisotopic (exact) mass is 426 g/mol. The second kappa shape index (κ2) is 8.60. The molecule has 4 aromatic rings. The van der Waals surface area contributed by atoms with Crippen LogP contribution in [-0.4, -0.2) is 47.7 Å². The van der Waals surface area contributed by atoms with Crippen LogP contribution in [-0.2, 0) is 0 Å². The van der Waals surface area contributed by atoms with Gasteiger partial charge < -0.3 is 14.7 Å². The summed E-state index contributed by atoms with van der Waals surface area (Å²) in [5.41, 5.74) is 3.22. The molecule has 1 aromatic heterocycles. The number of para-hydroxylation sites is 1. The van der Waals surface area contributed by atoms with E-state index in [0.29, 0.717) is 12.1 Å². The van der Waals surface area contributed by atoms with E-state index in [4.69, 9.17) is 9.72 Å². The third-order valence-corrected chi connectivity index (χ3v) is 6.35. The average molecular weight is 427 g/mol. The van der Waals surface area contributed by atoms with Gasteiger partial charge in [-0.3, -0.25) is 4.79 Å². The zero-order valence-electron chi connectivity index (χ0n) is 18.1. The number of aromatic nitrogens is 1. The fraction of sp³-hybridized carbons (Fsp3) is 0.259. The molecule has 1 amide bonds. The molecule has 0 bridgehead atoms. The Hall–Kier alpha value is -3.44. The lowest BCUT2D eigenvalue weighted by Gasteiger charge is -2.32. The van der Waals surface area contributed by atoms with Gasteiger partial charge in [0.15, 0.2) is 0 Å². The maximum atomic E-state index is 13.5. The smallest absolute Gasteiger partial charge is 0.254 e. The zero-order chi connectivity index (χ0) is 22.1. The molecule has 0 saturated carbocycles. The number of carbonyl (C=O) groups is 1. The molecule has 162 valence electrons. The molecule has 0 spiro atoms. The number of carbonyl (C=O) groups excluding carboxylic acids is 1. The van der Waals surface area contributed by atoms with Crippen LogP contribution in [0.4, 0.5) is 0 Å². The molecule has 0 radical (unpaired) electrons. The van der Waals surface area contributed by atoms with Crippen LogP contribution in [0.2, 0.25) is 0 Å². The van der Waals surface area contributed by atoms with Crippen molar-refractivity contribution in [1.29, 1.82) is 0 Å². The molecule has 1 saturated heterocycles. The van der Waals surface area contributed by atoms with Crippen molar-refractivity contribution in [1.82, 2.24) is 9.88 Å². The van der Waals surface area contributed by atoms with Crippen LogP contribution in [0.5, 0.6) is 5.75 Å². The van der Waals surface area contributed by atoms with Crippen LogP contribution < -0.4 is 4.74 Å². The molecular weight excluding hydrogens is 400 g/mol. The number of pyridine rings is 1. The van der Waals surface area contributed by atoms with Gasteiger partial charge in [-0.25, -0.2) is 4.98 Å². The van der Waals surface area contributed by atoms with E-state index in [2.05, 4.69) is 12.1 Å². The predicted octanol–water partition coefficient (Wildman–Crippen LogP) is 4.91. The summed E-state index contributed by atoms with van der Waals surface area (Å²) >= 11 is 0. The normalized spacial score (nSPS) is 16.4. The number of hydrogen-bond donors (Lipinski definition) is 1. The zero-order valence-corrected chi connectivity index (χ0v) is 18.1. The van der Waals surface area contributed by atoms with E-state index in [9.17, 15) is 9.90 Å². The second-order valence-electron chi connectivity index (χ2n) is 8.44. The highest BCUT2D eigenvalue weighted by Crippen LogP contribution is 2.30. The van der Waals surface area contributed by atoms with Crippen molar-refractivity contribution < 1.29 is 14.6 Å². The van der Waals surface area contributed by atoms with Crippen molar-refractivity contribution in [2.24, 2.45) is 5.92 Å². The number of aliphatic hydroxyl groups is 1. The second-order valence-corrected chi connectivity index (χ2v) is 8.44. The van der Waals surface area contributed by atoms with Gasteiger partial charge in [0.2, 0.25) is 0 Å². The van der Waals surface area contributed by atoms with E-state index in [1.54, 1.807) is 7.11 Å². The summed E-state index contributed by atoms with van der Waals surface area (Å²) in [6.45, 7) is 1.44. The van der Waals surface area contributed by atoms with Gasteiger partial charge in [0.1, 0.15) is 5.75 Å². The van der Waals surface area contributed by atoms with Crippen molar-refractivity contribution in [2.45, 2.75) is 12.8 Å². The summed E-state index contributed by atoms with van der Waals surface area (Å²) in [6, 6.07) is 21.9. The molecule has 1 unspecified atom stereocenters. The summed E-state index contributed by atoms with van der Waals surface area (Å²) in [7, 11) is 1.66. The summed E-state index contributed by atoms with van der Waals surface area (Å²) in [5, 5.41) is 12.6. The van der Waals surface area contributed by atoms with E-state index in [1.165, 1.54) is 0 Å². The minimum atomic E-state index is 0.00789. The lowest BCUT2D eigenvalue weighted by molar-refractivity contribution is 0.0622. The number of methoxy groups -OCH3 is 1. The lowest BCUT2D eigenvalue weighted by Crippen LogP contribution is -2.41. The van der Waals surface area contributed by atoms with Gasteiger partial charge in [-0.2, -0.15) is 0 Å². The highest BCUT2D eigenvalue weighted by molar-refractivity contribution is 6.07. The molecule has 1 N–H and O–H groups in total. The van der Waals surface area contributed by atoms with Gasteiger partial charge in [-0.05, 0) is 59.9 Å². The van der Waals surface area contributed by atoms with E-state index < -0.39 is 0 Å². The van der Waals surface area contributed by atoms with Crippen LogP contribution in [0.3, 0.4) is 0 Å². The molecule has 1 atom stereocenters. The Morgan fingerprint density at radius 3 is 2.75 bits per heavy atom. The number of piperidine rings is 1. The molecule has 5 nitrogen and oxygen atoms in total. The first-order valence-electron chi connectivity index (χ1n) is 11.0. The summed E-state index contributed by atoms with van der Waals surface area (Å²) in [6.07, 6.45) is 1.88. The third kappa shape index (κ3) is 3.80. The Bertz CT molecular complexity index is 1300. The first-order chi connectivity index (χ1) is 15.7. The van der Waals surface area contributed by atoms with Gasteiger partial charge in [-0.1, -0.05) is 36.4 Å². The number of benzene rings is 3. The molecule has 5 rings (SSSR count). The molecular formula is C27H26N2O3. The largest absolute Gasteiger partial charge is 0.497 e. The number of amides is 1. The highest BCUT2D eigenvalue weighted by Gasteiger charge is 2.25. The first-order valence-corrected chi connectivity index (χ1v) is 11.0. The number of likely N-dealkylation sites (tertiary alicyclic amines) is 1. The van der Waals surface area contributed by atoms with Crippen molar-refractivity contribution in [2.75, 3.05) is 26.8 Å². The van der Waals surface area contributed by atoms with Crippen molar-refractivity contribution in [3.8, 4) is 17.0 Å². The molecule has 1 fully saturated rings. The van der Waals surface area contributed by atoms with Crippen LogP contribution >= 0.6 is 0 Å². The molecule has 3 aromatic carbocycles. The molecule has 1 aliphatic rings. The summed E-state index contributed by atoms with van der Waals surface area (Å²) in [5.74, 6) is 0.982. The Morgan fingerprint density at radius 2 is 1.91 bits per heavy atom. The molecule has 2 heterocycles. The van der Waals surface area contributed by atoms with Gasteiger partial charge in [0.05, 0.1) is 23.9 Å². The molecule has 1 aliphatic heterocycles. The van der Waals surface area contributed by atoms with Crippen molar-refractivity contribution in [3.63, 3.8) is 0 Å². The van der Waals surface area contributed by atoms with E-state index in [1.807, 2.05) is 59.5 Å². The van der Waals surface area contributed by atoms with Gasteiger partial charge in [0.25, 0.3) is 5.91 Å². The fourth-order valence-electron chi connectivity index (χ4n) is 4.58. The summed E-state index contributed by atoms with van der Waals surface area (Å²) < 4.78 is 5.33. The molecule has 5 heteroatoms. The first kappa shape index (κ1) is 20.5. The maximum absolute atomic E-state index is 13.5.